The molecule has 0 atom stereocenters. The Labute approximate surface area is 153 Å². The van der Waals surface area contributed by atoms with E-state index in [1.165, 1.54) is 5.56 Å². The minimum absolute atomic E-state index is 0.0739. The number of nitrogens with one attached hydrogen (secondary N) is 2. The van der Waals surface area contributed by atoms with E-state index < -0.39 is 0 Å². The molecule has 3 rings (SSSR count). The zero-order chi connectivity index (χ0) is 18.5. The van der Waals surface area contributed by atoms with Crippen molar-refractivity contribution in [3.8, 4) is 5.75 Å². The Morgan fingerprint density at radius 2 is 2.12 bits per heavy atom. The lowest BCUT2D eigenvalue weighted by molar-refractivity contribution is -0.123. The summed E-state index contributed by atoms with van der Waals surface area (Å²) in [6.45, 7) is 5.99. The summed E-state index contributed by atoms with van der Waals surface area (Å²) in [6.07, 6.45) is 4.50. The predicted molar refractivity (Wildman–Crippen MR) is 105 cm³/mol. The Morgan fingerprint density at radius 1 is 1.27 bits per heavy atom. The summed E-state index contributed by atoms with van der Waals surface area (Å²) in [4.78, 5) is 15.2. The van der Waals surface area contributed by atoms with Crippen LogP contribution in [0.25, 0.3) is 10.9 Å². The lowest BCUT2D eigenvalue weighted by atomic mass is 10.1. The molecule has 0 unspecified atom stereocenters. The number of hydrazone groups is 1. The van der Waals surface area contributed by atoms with Crippen molar-refractivity contribution in [1.29, 1.82) is 0 Å². The van der Waals surface area contributed by atoms with Crippen LogP contribution in [0, 0.1) is 13.8 Å². The number of benzene rings is 2. The molecule has 0 saturated heterocycles. The van der Waals surface area contributed by atoms with Crippen LogP contribution in [-0.2, 0) is 11.2 Å². The van der Waals surface area contributed by atoms with Gasteiger partial charge < -0.3 is 9.72 Å². The van der Waals surface area contributed by atoms with Gasteiger partial charge in [0, 0.05) is 22.7 Å². The Balaban J connectivity index is 1.60. The molecule has 1 aromatic heterocycles. The highest BCUT2D eigenvalue weighted by Crippen LogP contribution is 2.21. The van der Waals surface area contributed by atoms with Gasteiger partial charge >= 0.3 is 0 Å². The quantitative estimate of drug-likeness (QED) is 0.524. The molecular weight excluding hydrogens is 326 g/mol. The molecule has 1 heterocycles. The number of fused-ring (bicyclic) bond motifs is 1. The fourth-order valence-electron chi connectivity index (χ4n) is 2.85. The van der Waals surface area contributed by atoms with E-state index in [-0.39, 0.29) is 12.5 Å². The van der Waals surface area contributed by atoms with Gasteiger partial charge in [-0.05, 0) is 43.0 Å². The fourth-order valence-corrected chi connectivity index (χ4v) is 2.85. The first-order chi connectivity index (χ1) is 12.6. The number of para-hydroxylation sites is 1. The van der Waals surface area contributed by atoms with Crippen LogP contribution < -0.4 is 10.2 Å². The molecule has 5 nitrogen and oxygen atoms in total. The van der Waals surface area contributed by atoms with E-state index in [2.05, 4.69) is 28.5 Å². The molecule has 0 spiro atoms. The first-order valence-corrected chi connectivity index (χ1v) is 8.69. The number of aromatic amines is 1. The largest absolute Gasteiger partial charge is 0.483 e. The monoisotopic (exact) mass is 349 g/mol. The molecule has 26 heavy (non-hydrogen) atoms. The molecular formula is C21H23N3O2. The van der Waals surface area contributed by atoms with Crippen molar-refractivity contribution >= 4 is 23.0 Å². The van der Waals surface area contributed by atoms with E-state index >= 15 is 0 Å². The number of H-pyrrole nitrogens is 1. The second-order valence-electron chi connectivity index (χ2n) is 6.29. The molecule has 2 aromatic carbocycles. The van der Waals surface area contributed by atoms with E-state index in [4.69, 9.17) is 4.74 Å². The molecule has 3 aromatic rings. The zero-order valence-electron chi connectivity index (χ0n) is 15.3. The van der Waals surface area contributed by atoms with Crippen LogP contribution in [0.15, 0.2) is 47.7 Å². The summed E-state index contributed by atoms with van der Waals surface area (Å²) in [5.74, 6) is 0.420. The van der Waals surface area contributed by atoms with Crippen LogP contribution in [0.5, 0.6) is 5.75 Å². The summed E-state index contributed by atoms with van der Waals surface area (Å²) in [7, 11) is 0. The van der Waals surface area contributed by atoms with Crippen molar-refractivity contribution in [2.45, 2.75) is 27.2 Å². The van der Waals surface area contributed by atoms with Crippen LogP contribution in [0.1, 0.15) is 29.2 Å². The maximum atomic E-state index is 11.9. The van der Waals surface area contributed by atoms with Gasteiger partial charge in [-0.25, -0.2) is 5.43 Å². The minimum atomic E-state index is -0.295. The van der Waals surface area contributed by atoms with Gasteiger partial charge in [0.15, 0.2) is 6.61 Å². The molecule has 1 amide bonds. The summed E-state index contributed by atoms with van der Waals surface area (Å²) >= 11 is 0. The van der Waals surface area contributed by atoms with Gasteiger partial charge in [0.2, 0.25) is 0 Å². The van der Waals surface area contributed by atoms with Crippen molar-refractivity contribution in [3.05, 3.63) is 64.8 Å². The highest BCUT2D eigenvalue weighted by molar-refractivity contribution is 6.00. The normalized spacial score (nSPS) is 11.2. The zero-order valence-corrected chi connectivity index (χ0v) is 15.3. The topological polar surface area (TPSA) is 66.5 Å². The van der Waals surface area contributed by atoms with Gasteiger partial charge in [-0.1, -0.05) is 37.3 Å². The van der Waals surface area contributed by atoms with Crippen molar-refractivity contribution in [2.24, 2.45) is 5.10 Å². The van der Waals surface area contributed by atoms with Crippen LogP contribution in [0.2, 0.25) is 0 Å². The number of hydrogen-bond acceptors (Lipinski definition) is 3. The number of hydrogen-bond donors (Lipinski definition) is 2. The van der Waals surface area contributed by atoms with Gasteiger partial charge in [-0.2, -0.15) is 5.10 Å². The van der Waals surface area contributed by atoms with Crippen molar-refractivity contribution in [2.75, 3.05) is 6.61 Å². The third kappa shape index (κ3) is 3.94. The Bertz CT molecular complexity index is 957. The van der Waals surface area contributed by atoms with E-state index in [9.17, 15) is 4.79 Å². The molecule has 0 saturated carbocycles. The number of carbonyl (C=O) groups is 1. The predicted octanol–water partition coefficient (Wildman–Crippen LogP) is 3.88. The summed E-state index contributed by atoms with van der Waals surface area (Å²) < 4.78 is 5.58. The second-order valence-corrected chi connectivity index (χ2v) is 6.29. The van der Waals surface area contributed by atoms with Crippen LogP contribution in [0.3, 0.4) is 0 Å². The van der Waals surface area contributed by atoms with Crippen molar-refractivity contribution in [1.82, 2.24) is 10.4 Å². The molecule has 0 radical (unpaired) electrons. The third-order valence-corrected chi connectivity index (χ3v) is 4.31. The van der Waals surface area contributed by atoms with Crippen LogP contribution in [0.4, 0.5) is 0 Å². The van der Waals surface area contributed by atoms with E-state index in [1.807, 2.05) is 50.4 Å². The molecule has 134 valence electrons. The first-order valence-electron chi connectivity index (χ1n) is 8.69. The molecule has 0 aliphatic heterocycles. The second kappa shape index (κ2) is 7.87. The maximum Gasteiger partial charge on any atom is 0.277 e. The number of aromatic nitrogens is 1. The standard InChI is InChI=1S/C21H23N3O2/c1-4-16-6-5-7-18-17(11-22-21(16)18)12-23-24-20(25)13-26-19-10-14(2)8-9-15(19)3/h5-12,22H,4,13H2,1-3H3,(H,24,25). The van der Waals surface area contributed by atoms with Crippen molar-refractivity contribution < 1.29 is 9.53 Å². The molecule has 0 aliphatic rings. The molecule has 0 fully saturated rings. The molecule has 0 aliphatic carbocycles. The lowest BCUT2D eigenvalue weighted by Crippen LogP contribution is -2.24. The summed E-state index contributed by atoms with van der Waals surface area (Å²) in [5, 5.41) is 5.14. The minimum Gasteiger partial charge on any atom is -0.483 e. The number of nitrogens with zero attached hydrogens (tertiary/aromatic N) is 1. The van der Waals surface area contributed by atoms with E-state index in [1.54, 1.807) is 6.21 Å². The van der Waals surface area contributed by atoms with Crippen molar-refractivity contribution in [3.63, 3.8) is 0 Å². The van der Waals surface area contributed by atoms with Gasteiger partial charge in [0.05, 0.1) is 6.21 Å². The molecule has 5 heteroatoms. The fraction of sp³-hybridized carbons (Fsp3) is 0.238. The number of aryl methyl sites for hydroxylation is 3. The maximum absolute atomic E-state index is 11.9. The highest BCUT2D eigenvalue weighted by atomic mass is 16.5. The number of ether oxygens (including phenoxy) is 1. The molecule has 2 N–H and O–H groups in total. The lowest BCUT2D eigenvalue weighted by Gasteiger charge is -2.08. The third-order valence-electron chi connectivity index (χ3n) is 4.31. The average Bonchev–Trinajstić information content (AvgIpc) is 3.05. The Morgan fingerprint density at radius 3 is 2.92 bits per heavy atom. The van der Waals surface area contributed by atoms with Gasteiger partial charge in [0.25, 0.3) is 5.91 Å². The smallest absolute Gasteiger partial charge is 0.277 e. The Hall–Kier alpha value is -3.08. The van der Waals surface area contributed by atoms with E-state index in [0.29, 0.717) is 5.75 Å². The summed E-state index contributed by atoms with van der Waals surface area (Å²) in [5.41, 5.74) is 7.91. The van der Waals surface area contributed by atoms with Gasteiger partial charge in [0.1, 0.15) is 5.75 Å². The molecule has 0 bridgehead atoms. The summed E-state index contributed by atoms with van der Waals surface area (Å²) in [6, 6.07) is 12.1. The number of amides is 1. The van der Waals surface area contributed by atoms with Crippen LogP contribution >= 0.6 is 0 Å². The number of rotatable bonds is 6. The number of carbonyl (C=O) groups excluding carboxylic acids is 1. The van der Waals surface area contributed by atoms with Gasteiger partial charge in [-0.3, -0.25) is 4.79 Å². The van der Waals surface area contributed by atoms with Crippen LogP contribution in [-0.4, -0.2) is 23.7 Å². The SMILES string of the molecule is CCc1cccc2c(C=NNC(=O)COc3cc(C)ccc3C)c[nH]c12. The average molecular weight is 349 g/mol. The highest BCUT2D eigenvalue weighted by Gasteiger charge is 2.06. The van der Waals surface area contributed by atoms with Gasteiger partial charge in [-0.15, -0.1) is 0 Å². The first kappa shape index (κ1) is 17.7. The Kier molecular flexibility index (Phi) is 5.37. The van der Waals surface area contributed by atoms with E-state index in [0.717, 1.165) is 34.0 Å².